The van der Waals surface area contributed by atoms with Crippen molar-refractivity contribution in [2.75, 3.05) is 28.4 Å². The number of carboxylic acids is 1. The lowest BCUT2D eigenvalue weighted by molar-refractivity contribution is -0.365. The number of aliphatic carboxylic acids is 1. The van der Waals surface area contributed by atoms with Gasteiger partial charge in [-0.25, -0.2) is 0 Å². The molecule has 0 aromatic rings. The maximum atomic E-state index is 11.9. The summed E-state index contributed by atoms with van der Waals surface area (Å²) >= 11 is 0. The Morgan fingerprint density at radius 1 is 0.758 bits per heavy atom. The zero-order chi connectivity index (χ0) is 46.9. The molecule has 7 heterocycles. The number of ether oxygens (including phenoxy) is 12. The van der Waals surface area contributed by atoms with Crippen LogP contribution in [0.4, 0.5) is 0 Å². The second-order valence-corrected chi connectivity index (χ2v) is 21.3. The van der Waals surface area contributed by atoms with Crippen molar-refractivity contribution in [2.45, 2.75) is 234 Å². The van der Waals surface area contributed by atoms with Crippen LogP contribution >= 0.6 is 0 Å². The maximum absolute atomic E-state index is 11.9. The summed E-state index contributed by atoms with van der Waals surface area (Å²) in [5, 5.41) is 44.3. The average Bonchev–Trinajstić information content (AvgIpc) is 3.94. The van der Waals surface area contributed by atoms with Crippen molar-refractivity contribution < 1.29 is 82.1 Å². The molecule has 7 aliphatic heterocycles. The van der Waals surface area contributed by atoms with Crippen molar-refractivity contribution in [3.05, 3.63) is 0 Å². The molecule has 1 unspecified atom stereocenters. The molecule has 0 saturated carbocycles. The summed E-state index contributed by atoms with van der Waals surface area (Å²) in [4.78, 5) is 11.9. The summed E-state index contributed by atoms with van der Waals surface area (Å²) < 4.78 is 77.6. The zero-order valence-electron chi connectivity index (χ0n) is 41.8. The van der Waals surface area contributed by atoms with Gasteiger partial charge in [0.05, 0.1) is 78.7 Å². The maximum Gasteiger partial charge on any atom is 0.308 e. The molecular formula is C47H86N2O17. The summed E-state index contributed by atoms with van der Waals surface area (Å²) in [5.41, 5.74) is -1.60. The third-order valence-corrected chi connectivity index (χ3v) is 16.8. The third-order valence-electron chi connectivity index (χ3n) is 16.8. The highest BCUT2D eigenvalue weighted by Crippen LogP contribution is 2.55. The Morgan fingerprint density at radius 3 is 2.05 bits per heavy atom. The first kappa shape index (κ1) is 55.7. The molecule has 0 aliphatic carbocycles. The molecule has 0 bridgehead atoms. The second-order valence-electron chi connectivity index (χ2n) is 21.3. The van der Waals surface area contributed by atoms with Gasteiger partial charge in [0.15, 0.2) is 23.7 Å². The molecule has 0 amide bonds. The minimum Gasteiger partial charge on any atom is -0.481 e. The number of rotatable bonds is 13. The van der Waals surface area contributed by atoms with Gasteiger partial charge in [0.25, 0.3) is 0 Å². The Kier molecular flexibility index (Phi) is 17.6. The van der Waals surface area contributed by atoms with E-state index in [1.807, 2.05) is 34.6 Å². The van der Waals surface area contributed by atoms with Crippen molar-refractivity contribution >= 4 is 5.97 Å². The first-order valence-electron chi connectivity index (χ1n) is 23.8. The van der Waals surface area contributed by atoms with Crippen LogP contribution < -0.4 is 12.3 Å². The highest BCUT2D eigenvalue weighted by Gasteiger charge is 2.64. The smallest absolute Gasteiger partial charge is 0.308 e. The van der Waals surface area contributed by atoms with Crippen molar-refractivity contribution in [1.82, 2.24) is 12.3 Å². The fourth-order valence-electron chi connectivity index (χ4n) is 12.7. The van der Waals surface area contributed by atoms with E-state index in [1.165, 1.54) is 14.2 Å². The molecule has 19 heteroatoms. The van der Waals surface area contributed by atoms with E-state index >= 15 is 0 Å². The lowest BCUT2D eigenvalue weighted by Crippen LogP contribution is -2.65. The lowest BCUT2D eigenvalue weighted by atomic mass is 9.75. The van der Waals surface area contributed by atoms with E-state index < -0.39 is 102 Å². The highest BCUT2D eigenvalue weighted by atomic mass is 16.7. The van der Waals surface area contributed by atoms with Gasteiger partial charge in [-0.3, -0.25) is 4.79 Å². The van der Waals surface area contributed by atoms with Gasteiger partial charge in [0.2, 0.25) is 0 Å². The van der Waals surface area contributed by atoms with Crippen LogP contribution in [0.3, 0.4) is 0 Å². The quantitative estimate of drug-likeness (QED) is 0.147. The summed E-state index contributed by atoms with van der Waals surface area (Å²) in [6, 6.07) is 0. The molecule has 19 nitrogen and oxygen atoms in total. The number of hydrogen-bond acceptors (Lipinski definition) is 18. The molecule has 0 aromatic heterocycles. The Morgan fingerprint density at radius 2 is 1.42 bits per heavy atom. The molecule has 24 atom stereocenters. The fourth-order valence-corrected chi connectivity index (χ4v) is 12.7. The van der Waals surface area contributed by atoms with E-state index in [0.717, 1.165) is 6.42 Å². The van der Waals surface area contributed by atoms with Crippen LogP contribution in [-0.2, 0) is 61.6 Å². The number of carboxylic acid groups (broad SMARTS) is 1. The average molecular weight is 951 g/mol. The topological polar surface area (TPSA) is 279 Å². The monoisotopic (exact) mass is 951 g/mol. The van der Waals surface area contributed by atoms with Crippen molar-refractivity contribution in [2.24, 2.45) is 29.6 Å². The Bertz CT molecular complexity index is 1620. The van der Waals surface area contributed by atoms with Gasteiger partial charge >= 0.3 is 5.97 Å². The summed E-state index contributed by atoms with van der Waals surface area (Å²) in [6.07, 6.45) is -3.18. The van der Waals surface area contributed by atoms with E-state index in [9.17, 15) is 25.2 Å². The molecule has 0 radical (unpaired) electrons. The number of aliphatic hydroxyl groups is 3. The minimum absolute atomic E-state index is 0. The van der Waals surface area contributed by atoms with Gasteiger partial charge < -0.3 is 89.6 Å². The minimum atomic E-state index is -2.03. The van der Waals surface area contributed by atoms with Gasteiger partial charge in [-0.2, -0.15) is 0 Å². The fraction of sp³-hybridized carbons (Fsp3) is 0.979. The van der Waals surface area contributed by atoms with Crippen LogP contribution in [0, 0.1) is 29.6 Å². The van der Waals surface area contributed by atoms with E-state index in [0.29, 0.717) is 38.5 Å². The van der Waals surface area contributed by atoms with E-state index in [-0.39, 0.29) is 73.1 Å². The molecule has 7 aliphatic rings. The standard InChI is InChI=1S/C47H80O17.2H3N/c1-23-18-24(2)45(9,51)61-36(23)31-19-32(58-35-20-30(53-10)40(55-12)28(6)57-35)42(59-31)44(8)15-14-33(60-44)43(7)16-17-46(64-43)21-29(48)25(3)37(62-46)26(4)38-41(56-13)39(54-11)27(5)47(52,63-38)22-34(49)50;;/h23-33,35-42,48,51-52H,14-22H2,1-13H3,(H,49,50);2*1H3/t23-,24+,25+,26+,27-,28-,29-,30-,31+,32-,33+,35?,36-,37-,38-,39-,40-,41-,42+,43-,44-,45-,46+,47+;;/m0../s1. The van der Waals surface area contributed by atoms with Crippen LogP contribution in [0.5, 0.6) is 0 Å². The van der Waals surface area contributed by atoms with Crippen LogP contribution in [0.15, 0.2) is 0 Å². The first-order valence-corrected chi connectivity index (χ1v) is 23.8. The largest absolute Gasteiger partial charge is 0.481 e. The summed E-state index contributed by atoms with van der Waals surface area (Å²) in [5.74, 6) is -7.18. The molecule has 7 fully saturated rings. The number of methoxy groups -OCH3 is 4. The van der Waals surface area contributed by atoms with E-state index in [4.69, 9.17) is 56.8 Å². The van der Waals surface area contributed by atoms with Crippen LogP contribution in [0.25, 0.3) is 0 Å². The molecule has 7 rings (SSSR count). The van der Waals surface area contributed by atoms with E-state index in [2.05, 4.69) is 13.8 Å². The Balaban J connectivity index is 0.00000408. The summed E-state index contributed by atoms with van der Waals surface area (Å²) in [7, 11) is 6.37. The molecule has 1 spiro atoms. The van der Waals surface area contributed by atoms with Crippen LogP contribution in [-0.4, -0.2) is 169 Å². The van der Waals surface area contributed by atoms with Gasteiger partial charge in [0.1, 0.15) is 18.3 Å². The molecule has 0 aromatic carbocycles. The van der Waals surface area contributed by atoms with Gasteiger partial charge in [-0.15, -0.1) is 0 Å². The SMILES string of the molecule is CO[C@@H]1[C@@H](OC)[C@H](C)[C@@](O)(CC(=O)O)O[C@H]1[C@H](C)[C@H]1O[C@@]2(CC[C@@](C)([C@H]3CC[C@@](C)([C@@H]4O[C@@H]([C@H]5O[C@](C)(O)[C@H](C)C[C@@H]5C)C[C@@H]4OC4C[C@H](OC)[C@@H](OC)[C@H](C)O4)O3)O2)C[C@H](O)[C@H]1C.N.N. The second kappa shape index (κ2) is 20.9. The lowest BCUT2D eigenvalue weighted by Gasteiger charge is -2.53. The third kappa shape index (κ3) is 10.4. The van der Waals surface area contributed by atoms with Crippen molar-refractivity contribution in [3.63, 3.8) is 0 Å². The molecule has 7 saturated heterocycles. The van der Waals surface area contributed by atoms with Crippen LogP contribution in [0.2, 0.25) is 0 Å². The predicted octanol–water partition coefficient (Wildman–Crippen LogP) is 4.64. The predicted molar refractivity (Wildman–Crippen MR) is 238 cm³/mol. The summed E-state index contributed by atoms with van der Waals surface area (Å²) in [6.45, 7) is 17.5. The zero-order valence-corrected chi connectivity index (χ0v) is 41.8. The first-order chi connectivity index (χ1) is 30.0. The Labute approximate surface area is 391 Å². The van der Waals surface area contributed by atoms with Crippen LogP contribution in [0.1, 0.15) is 120 Å². The molecule has 386 valence electrons. The highest BCUT2D eigenvalue weighted by molar-refractivity contribution is 5.68. The van der Waals surface area contributed by atoms with Crippen molar-refractivity contribution in [1.29, 1.82) is 0 Å². The Hall–Kier alpha value is -1.21. The number of aliphatic hydroxyl groups excluding tert-OH is 1. The molecular weight excluding hydrogens is 865 g/mol. The van der Waals surface area contributed by atoms with Crippen molar-refractivity contribution in [3.8, 4) is 0 Å². The molecule has 66 heavy (non-hydrogen) atoms. The normalized spacial score (nSPS) is 52.4. The van der Waals surface area contributed by atoms with Gasteiger partial charge in [0, 0.05) is 77.8 Å². The van der Waals surface area contributed by atoms with E-state index in [1.54, 1.807) is 28.1 Å². The van der Waals surface area contributed by atoms with Gasteiger partial charge in [-0.05, 0) is 59.3 Å². The molecule has 10 N–H and O–H groups in total. The number of hydrogen-bond donors (Lipinski definition) is 6. The number of carbonyl (C=O) groups is 1. The van der Waals surface area contributed by atoms with Gasteiger partial charge in [-0.1, -0.05) is 34.6 Å².